The lowest BCUT2D eigenvalue weighted by Crippen LogP contribution is -2.38. The number of benzene rings is 1. The molecule has 6 heteroatoms. The molecule has 3 heterocycles. The second-order valence-electron chi connectivity index (χ2n) is 8.32. The summed E-state index contributed by atoms with van der Waals surface area (Å²) >= 11 is 0. The van der Waals surface area contributed by atoms with Gasteiger partial charge in [0.15, 0.2) is 0 Å². The van der Waals surface area contributed by atoms with E-state index in [9.17, 15) is 0 Å². The van der Waals surface area contributed by atoms with Crippen LogP contribution in [0.1, 0.15) is 37.9 Å². The van der Waals surface area contributed by atoms with Crippen LogP contribution in [0.25, 0.3) is 10.9 Å². The third kappa shape index (κ3) is 3.81. The van der Waals surface area contributed by atoms with Gasteiger partial charge in [0.2, 0.25) is 0 Å². The lowest BCUT2D eigenvalue weighted by Gasteiger charge is -2.34. The number of hydrogen-bond acceptors (Lipinski definition) is 5. The normalized spacial score (nSPS) is 18.2. The number of rotatable bonds is 4. The van der Waals surface area contributed by atoms with Gasteiger partial charge in [-0.25, -0.2) is 4.98 Å². The molecule has 1 aliphatic rings. The Kier molecular flexibility index (Phi) is 4.60. The minimum absolute atomic E-state index is 0.455. The Labute approximate surface area is 160 Å². The highest BCUT2D eigenvalue weighted by Gasteiger charge is 2.24. The summed E-state index contributed by atoms with van der Waals surface area (Å²) in [6.45, 7) is 8.99. The van der Waals surface area contributed by atoms with E-state index in [-0.39, 0.29) is 0 Å². The Morgan fingerprint density at radius 2 is 2.07 bits per heavy atom. The summed E-state index contributed by atoms with van der Waals surface area (Å²) in [5, 5.41) is 9.73. The molecule has 6 nitrogen and oxygen atoms in total. The zero-order valence-electron chi connectivity index (χ0n) is 16.4. The first-order valence-electron chi connectivity index (χ1n) is 9.71. The summed E-state index contributed by atoms with van der Waals surface area (Å²) in [6.07, 6.45) is 4.35. The van der Waals surface area contributed by atoms with E-state index >= 15 is 0 Å². The maximum absolute atomic E-state index is 6.13. The third-order valence-corrected chi connectivity index (χ3v) is 5.35. The molecule has 0 bridgehead atoms. The Morgan fingerprint density at radius 1 is 1.26 bits per heavy atom. The van der Waals surface area contributed by atoms with Gasteiger partial charge in [0, 0.05) is 25.0 Å². The van der Waals surface area contributed by atoms with Crippen LogP contribution in [-0.4, -0.2) is 33.1 Å². The average molecular weight is 364 g/mol. The van der Waals surface area contributed by atoms with E-state index in [0.29, 0.717) is 5.92 Å². The van der Waals surface area contributed by atoms with E-state index < -0.39 is 5.54 Å². The molecule has 0 saturated carbocycles. The van der Waals surface area contributed by atoms with Gasteiger partial charge in [-0.2, -0.15) is 0 Å². The summed E-state index contributed by atoms with van der Waals surface area (Å²) < 4.78 is 1.94. The summed E-state index contributed by atoms with van der Waals surface area (Å²) in [4.78, 5) is 7.38. The summed E-state index contributed by atoms with van der Waals surface area (Å²) in [5.74, 6) is 1.64. The van der Waals surface area contributed by atoms with Crippen molar-refractivity contribution in [1.29, 1.82) is 0 Å². The molecule has 27 heavy (non-hydrogen) atoms. The molecule has 1 atom stereocenters. The summed E-state index contributed by atoms with van der Waals surface area (Å²) in [5.41, 5.74) is 8.81. The number of nitrogens with zero attached hydrogens (tertiary/aromatic N) is 5. The maximum Gasteiger partial charge on any atom is 0.132 e. The molecule has 0 amide bonds. The van der Waals surface area contributed by atoms with Gasteiger partial charge in [-0.15, -0.1) is 5.10 Å². The molecule has 2 N–H and O–H groups in total. The zero-order valence-corrected chi connectivity index (χ0v) is 16.4. The van der Waals surface area contributed by atoms with Crippen molar-refractivity contribution < 1.29 is 0 Å². The number of aryl methyl sites for hydroxylation is 1. The first kappa shape index (κ1) is 17.9. The van der Waals surface area contributed by atoms with Crippen molar-refractivity contribution in [2.75, 3.05) is 18.0 Å². The van der Waals surface area contributed by atoms with Crippen molar-refractivity contribution in [1.82, 2.24) is 20.0 Å². The van der Waals surface area contributed by atoms with E-state index in [4.69, 9.17) is 10.7 Å². The lowest BCUT2D eigenvalue weighted by molar-refractivity contribution is 0.347. The molecule has 0 aliphatic carbocycles. The van der Waals surface area contributed by atoms with Gasteiger partial charge < -0.3 is 10.6 Å². The maximum atomic E-state index is 6.13. The van der Waals surface area contributed by atoms with Crippen molar-refractivity contribution in [2.24, 2.45) is 11.7 Å². The van der Waals surface area contributed by atoms with Crippen LogP contribution in [0.2, 0.25) is 0 Å². The molecule has 142 valence electrons. The smallest absolute Gasteiger partial charge is 0.132 e. The number of nitrogens with two attached hydrogens (primary N) is 1. The van der Waals surface area contributed by atoms with Gasteiger partial charge in [-0.3, -0.25) is 4.68 Å². The quantitative estimate of drug-likeness (QED) is 0.769. The number of piperidine rings is 1. The summed E-state index contributed by atoms with van der Waals surface area (Å²) in [7, 11) is 0. The van der Waals surface area contributed by atoms with Gasteiger partial charge in [0.25, 0.3) is 0 Å². The minimum Gasteiger partial charge on any atom is -0.356 e. The third-order valence-electron chi connectivity index (χ3n) is 5.35. The largest absolute Gasteiger partial charge is 0.356 e. The molecule has 1 saturated heterocycles. The van der Waals surface area contributed by atoms with Crippen LogP contribution in [0.15, 0.2) is 36.5 Å². The van der Waals surface area contributed by atoms with E-state index in [1.165, 1.54) is 23.8 Å². The second-order valence-corrected chi connectivity index (χ2v) is 8.32. The molecule has 0 radical (unpaired) electrons. The van der Waals surface area contributed by atoms with Crippen molar-refractivity contribution >= 4 is 16.7 Å². The molecule has 0 spiro atoms. The van der Waals surface area contributed by atoms with Crippen LogP contribution in [0.3, 0.4) is 0 Å². The lowest BCUT2D eigenvalue weighted by atomic mass is 9.97. The molecule has 2 aromatic heterocycles. The van der Waals surface area contributed by atoms with Gasteiger partial charge >= 0.3 is 0 Å². The Morgan fingerprint density at radius 3 is 2.85 bits per heavy atom. The van der Waals surface area contributed by atoms with Gasteiger partial charge in [-0.1, -0.05) is 23.4 Å². The van der Waals surface area contributed by atoms with E-state index in [1.54, 1.807) is 0 Å². The van der Waals surface area contributed by atoms with Crippen LogP contribution in [0, 0.1) is 12.8 Å². The Balaban J connectivity index is 1.51. The van der Waals surface area contributed by atoms with Crippen LogP contribution in [0.5, 0.6) is 0 Å². The number of anilines is 1. The topological polar surface area (TPSA) is 72.9 Å². The molecule has 1 aliphatic heterocycles. The van der Waals surface area contributed by atoms with Gasteiger partial charge in [-0.05, 0) is 57.2 Å². The van der Waals surface area contributed by atoms with Gasteiger partial charge in [0.1, 0.15) is 11.5 Å². The molecule has 4 rings (SSSR count). The first-order valence-corrected chi connectivity index (χ1v) is 9.71. The van der Waals surface area contributed by atoms with Crippen molar-refractivity contribution in [3.05, 3.63) is 47.8 Å². The number of fused-ring (bicyclic) bond motifs is 1. The van der Waals surface area contributed by atoms with Crippen LogP contribution < -0.4 is 10.6 Å². The fraction of sp³-hybridized carbons (Fsp3) is 0.476. The molecule has 3 aromatic rings. The highest BCUT2D eigenvalue weighted by atomic mass is 15.4. The fourth-order valence-electron chi connectivity index (χ4n) is 3.89. The highest BCUT2D eigenvalue weighted by Crippen LogP contribution is 2.28. The average Bonchev–Trinajstić information content (AvgIpc) is 3.10. The molecule has 0 unspecified atom stereocenters. The standard InChI is InChI=1S/C21H28N6/c1-15-11-17-8-4-5-9-18(17)23-20(15)26-10-6-7-16(12-26)13-27-14-19(24-25-27)21(2,3)22/h4-5,8-9,11,14,16H,6-7,10,12-13,22H2,1-3H3/t16-/m1/s1. The fourth-order valence-corrected chi connectivity index (χ4v) is 3.89. The molecule has 1 fully saturated rings. The zero-order chi connectivity index (χ0) is 19.0. The first-order chi connectivity index (χ1) is 12.9. The molecular weight excluding hydrogens is 336 g/mol. The Hall–Kier alpha value is -2.47. The predicted molar refractivity (Wildman–Crippen MR) is 109 cm³/mol. The predicted octanol–water partition coefficient (Wildman–Crippen LogP) is 3.25. The number of para-hydroxylation sites is 1. The number of hydrogen-bond donors (Lipinski definition) is 1. The van der Waals surface area contributed by atoms with Crippen LogP contribution >= 0.6 is 0 Å². The van der Waals surface area contributed by atoms with Crippen LogP contribution in [0.4, 0.5) is 5.82 Å². The molecule has 1 aromatic carbocycles. The van der Waals surface area contributed by atoms with E-state index in [1.807, 2.05) is 24.7 Å². The molecular formula is C21H28N6. The number of pyridine rings is 1. The van der Waals surface area contributed by atoms with E-state index in [0.717, 1.165) is 36.7 Å². The SMILES string of the molecule is Cc1cc2ccccc2nc1N1CCC[C@@H](Cn2cc(C(C)(C)N)nn2)C1. The van der Waals surface area contributed by atoms with Crippen LogP contribution in [-0.2, 0) is 12.1 Å². The van der Waals surface area contributed by atoms with Crippen molar-refractivity contribution in [3.8, 4) is 0 Å². The summed E-state index contributed by atoms with van der Waals surface area (Å²) in [6, 6.07) is 10.6. The van der Waals surface area contributed by atoms with Crippen molar-refractivity contribution in [2.45, 2.75) is 45.7 Å². The van der Waals surface area contributed by atoms with Crippen molar-refractivity contribution in [3.63, 3.8) is 0 Å². The minimum atomic E-state index is -0.455. The number of aromatic nitrogens is 4. The van der Waals surface area contributed by atoms with Gasteiger partial charge in [0.05, 0.1) is 17.3 Å². The monoisotopic (exact) mass is 364 g/mol. The van der Waals surface area contributed by atoms with E-state index in [2.05, 4.69) is 52.5 Å². The Bertz CT molecular complexity index is 939. The highest BCUT2D eigenvalue weighted by molar-refractivity contribution is 5.81. The second kappa shape index (κ2) is 6.93.